The Bertz CT molecular complexity index is 2540. The number of benzene rings is 5. The van der Waals surface area contributed by atoms with Crippen molar-refractivity contribution in [2.75, 3.05) is 4.90 Å². The summed E-state index contributed by atoms with van der Waals surface area (Å²) in [6, 6.07) is 44.3. The number of aryl methyl sites for hydroxylation is 3. The monoisotopic (exact) mass is 808 g/mol. The van der Waals surface area contributed by atoms with Crippen molar-refractivity contribution in [3.63, 3.8) is 0 Å². The summed E-state index contributed by atoms with van der Waals surface area (Å²) in [5.74, 6) is 1.21. The Kier molecular flexibility index (Phi) is 7.34. The van der Waals surface area contributed by atoms with E-state index in [2.05, 4.69) is 116 Å². The molecule has 0 unspecified atom stereocenters. The fourth-order valence-electron chi connectivity index (χ4n) is 6.71. The Balaban J connectivity index is 0.00000406. The fraction of sp³-hybridized carbons (Fsp3) is 0.143. The first kappa shape index (κ1) is 28.1. The Hall–Kier alpha value is -4.99. The van der Waals surface area contributed by atoms with Gasteiger partial charge < -0.3 is 9.47 Å². The molecule has 0 radical (unpaired) electrons. The first-order chi connectivity index (χ1) is 24.1. The van der Waals surface area contributed by atoms with E-state index >= 15 is 0 Å². The molecule has 8 aromatic rings. The number of pyridine rings is 1. The zero-order valence-electron chi connectivity index (χ0n) is 30.2. The molecule has 0 bridgehead atoms. The summed E-state index contributed by atoms with van der Waals surface area (Å²) >= 11 is 0. The SMILES string of the molecule is [2H]C([2H])([2H])n1[cH+]n(-c2[c-]c(N(c3[c-]c4c(cc3)c3ccccc3n4-c3cc(C(C)C)ccn3)c3c(C)cccc3C)ccc2)c2ccccc21.[Pt]. The number of nitrogens with zero attached hydrogens (tertiary/aromatic N) is 5. The molecule has 6 heteroatoms. The molecule has 48 heavy (non-hydrogen) atoms. The maximum atomic E-state index is 8.19. The number of hydrogen-bond donors (Lipinski definition) is 0. The maximum Gasteiger partial charge on any atom is 0.188 e. The first-order valence-electron chi connectivity index (χ1n) is 17.4. The minimum Gasteiger partial charge on any atom is -0.357 e. The summed E-state index contributed by atoms with van der Waals surface area (Å²) in [4.78, 5) is 7.06. The quantitative estimate of drug-likeness (QED) is 0.157. The second-order valence-corrected chi connectivity index (χ2v) is 12.4. The average molecular weight is 809 g/mol. The van der Waals surface area contributed by atoms with Gasteiger partial charge in [0.2, 0.25) is 0 Å². The minimum absolute atomic E-state index is 0. The van der Waals surface area contributed by atoms with Crippen molar-refractivity contribution in [1.29, 1.82) is 0 Å². The summed E-state index contributed by atoms with van der Waals surface area (Å²) in [6.45, 7) is 6.30. The van der Waals surface area contributed by atoms with Gasteiger partial charge in [-0.3, -0.25) is 0 Å². The summed E-state index contributed by atoms with van der Waals surface area (Å²) in [5.41, 5.74) is 10.3. The molecule has 0 atom stereocenters. The number of anilines is 3. The van der Waals surface area contributed by atoms with Crippen molar-refractivity contribution >= 4 is 49.9 Å². The van der Waals surface area contributed by atoms with Gasteiger partial charge >= 0.3 is 0 Å². The van der Waals surface area contributed by atoms with Crippen molar-refractivity contribution in [1.82, 2.24) is 18.7 Å². The summed E-state index contributed by atoms with van der Waals surface area (Å²) in [6.07, 6.45) is 3.53. The Labute approximate surface area is 300 Å². The Morgan fingerprint density at radius 1 is 0.750 bits per heavy atom. The van der Waals surface area contributed by atoms with Crippen LogP contribution in [0.25, 0.3) is 44.3 Å². The van der Waals surface area contributed by atoms with E-state index in [4.69, 9.17) is 9.10 Å². The van der Waals surface area contributed by atoms with Crippen LogP contribution in [-0.4, -0.2) is 18.7 Å². The standard InChI is InChI=1S/C42H36N5.Pt/c1-28(2)31-22-23-43-41(24-31)47-37-17-7-6-16-35(37)36-21-20-34(26-40(36)47)46(42-29(3)12-10-13-30(42)4)33-15-11-14-32(25-33)45-27-44(5)38-18-8-9-19-39(38)45;/h6-24,27-28H,1-5H3;/q-1;/i5D3;. The van der Waals surface area contributed by atoms with Crippen LogP contribution in [0.1, 0.15) is 40.6 Å². The molecule has 0 spiro atoms. The molecule has 5 aromatic carbocycles. The fourth-order valence-corrected chi connectivity index (χ4v) is 6.71. The molecule has 0 aliphatic rings. The van der Waals surface area contributed by atoms with Crippen molar-refractivity contribution in [3.8, 4) is 11.5 Å². The third kappa shape index (κ3) is 5.23. The third-order valence-electron chi connectivity index (χ3n) is 9.03. The van der Waals surface area contributed by atoms with Gasteiger partial charge in [0, 0.05) is 67.4 Å². The van der Waals surface area contributed by atoms with E-state index in [1.165, 1.54) is 10.1 Å². The topological polar surface area (TPSA) is 30.9 Å². The van der Waals surface area contributed by atoms with E-state index < -0.39 is 6.98 Å². The van der Waals surface area contributed by atoms with Crippen molar-refractivity contribution in [3.05, 3.63) is 151 Å². The van der Waals surface area contributed by atoms with Crippen LogP contribution < -0.4 is 4.90 Å². The van der Waals surface area contributed by atoms with Gasteiger partial charge in [0.1, 0.15) is 5.82 Å². The number of imidazole rings is 1. The molecule has 0 amide bonds. The smallest absolute Gasteiger partial charge is 0.188 e. The van der Waals surface area contributed by atoms with E-state index in [-0.39, 0.29) is 21.1 Å². The van der Waals surface area contributed by atoms with E-state index in [1.54, 1.807) is 6.33 Å². The van der Waals surface area contributed by atoms with Crippen LogP contribution >= 0.6 is 0 Å². The van der Waals surface area contributed by atoms with Crippen LogP contribution in [-0.2, 0) is 28.0 Å². The van der Waals surface area contributed by atoms with Crippen LogP contribution in [0.5, 0.6) is 0 Å². The summed E-state index contributed by atoms with van der Waals surface area (Å²) < 4.78 is 30.0. The Morgan fingerprint density at radius 3 is 2.23 bits per heavy atom. The van der Waals surface area contributed by atoms with Gasteiger partial charge in [-0.25, -0.2) is 14.1 Å². The molecule has 0 saturated heterocycles. The van der Waals surface area contributed by atoms with Crippen LogP contribution in [0.2, 0.25) is 0 Å². The summed E-state index contributed by atoms with van der Waals surface area (Å²) in [7, 11) is 0. The van der Waals surface area contributed by atoms with Crippen LogP contribution in [0.3, 0.4) is 0 Å². The van der Waals surface area contributed by atoms with Crippen LogP contribution in [0.15, 0.2) is 122 Å². The van der Waals surface area contributed by atoms with Crippen LogP contribution in [0, 0.1) is 26.0 Å². The molecule has 240 valence electrons. The molecule has 0 saturated carbocycles. The predicted molar refractivity (Wildman–Crippen MR) is 195 cm³/mol. The van der Waals surface area contributed by atoms with E-state index in [9.17, 15) is 0 Å². The van der Waals surface area contributed by atoms with Gasteiger partial charge in [-0.2, -0.15) is 12.1 Å². The predicted octanol–water partition coefficient (Wildman–Crippen LogP) is 10.6. The zero-order chi connectivity index (χ0) is 34.7. The molecule has 3 aromatic heterocycles. The molecule has 0 aliphatic carbocycles. The second kappa shape index (κ2) is 12.6. The average Bonchev–Trinajstić information content (AvgIpc) is 3.67. The normalized spacial score (nSPS) is 12.6. The molecular formula is C42H36N5Pt-. The van der Waals surface area contributed by atoms with Crippen molar-refractivity contribution < 1.29 is 25.2 Å². The zero-order valence-corrected chi connectivity index (χ0v) is 29.4. The van der Waals surface area contributed by atoms with Gasteiger partial charge in [-0.1, -0.05) is 73.2 Å². The molecule has 0 aliphatic heterocycles. The minimum atomic E-state index is -2.33. The molecule has 0 N–H and O–H groups in total. The van der Waals surface area contributed by atoms with Gasteiger partial charge in [-0.15, -0.1) is 29.7 Å². The van der Waals surface area contributed by atoms with E-state index in [1.807, 2.05) is 53.2 Å². The molecule has 3 heterocycles. The van der Waals surface area contributed by atoms with Gasteiger partial charge in [0.05, 0.1) is 0 Å². The summed E-state index contributed by atoms with van der Waals surface area (Å²) in [5, 5.41) is 2.23. The molecular weight excluding hydrogens is 770 g/mol. The largest absolute Gasteiger partial charge is 0.357 e. The van der Waals surface area contributed by atoms with Gasteiger partial charge in [0.25, 0.3) is 0 Å². The van der Waals surface area contributed by atoms with Crippen molar-refractivity contribution in [2.24, 2.45) is 6.98 Å². The number of para-hydroxylation sites is 4. The Morgan fingerprint density at radius 2 is 1.46 bits per heavy atom. The van der Waals surface area contributed by atoms with Crippen LogP contribution in [0.4, 0.5) is 17.1 Å². The number of aromatic nitrogens is 4. The second-order valence-electron chi connectivity index (χ2n) is 12.4. The number of hydrogen-bond acceptors (Lipinski definition) is 2. The number of fused-ring (bicyclic) bond motifs is 4. The van der Waals surface area contributed by atoms with Gasteiger partial charge in [-0.05, 0) is 72.2 Å². The first-order valence-corrected chi connectivity index (χ1v) is 15.9. The molecule has 5 nitrogen and oxygen atoms in total. The third-order valence-corrected chi connectivity index (χ3v) is 9.03. The molecule has 8 rings (SSSR count). The van der Waals surface area contributed by atoms with Crippen molar-refractivity contribution in [2.45, 2.75) is 33.6 Å². The molecule has 0 fully saturated rings. The number of rotatable bonds is 6. The van der Waals surface area contributed by atoms with E-state index in [0.717, 1.165) is 67.0 Å². The van der Waals surface area contributed by atoms with E-state index in [0.29, 0.717) is 11.4 Å². The van der Waals surface area contributed by atoms with Gasteiger partial charge in [0.15, 0.2) is 17.4 Å². The maximum absolute atomic E-state index is 8.19.